The number of amides is 1. The number of hydrogen-bond donors (Lipinski definition) is 2. The number of carbonyl (C=O) groups is 2. The SMILES string of the molecule is Cc1cc(NC(=O)COC(=O)c2ccc3[nH]c4c(c3c2)C[C@H](C)CC4)no1. The van der Waals surface area contributed by atoms with E-state index >= 15 is 0 Å². The van der Waals surface area contributed by atoms with Gasteiger partial charge in [-0.3, -0.25) is 4.79 Å². The highest BCUT2D eigenvalue weighted by Gasteiger charge is 2.21. The van der Waals surface area contributed by atoms with Crippen LogP contribution in [0.3, 0.4) is 0 Å². The Labute approximate surface area is 156 Å². The van der Waals surface area contributed by atoms with Crippen molar-refractivity contribution in [2.75, 3.05) is 11.9 Å². The molecule has 3 aromatic rings. The summed E-state index contributed by atoms with van der Waals surface area (Å²) >= 11 is 0. The van der Waals surface area contributed by atoms with Gasteiger partial charge in [-0.05, 0) is 55.9 Å². The fourth-order valence-electron chi connectivity index (χ4n) is 3.54. The number of benzene rings is 1. The first kappa shape index (κ1) is 17.3. The number of aromatic amines is 1. The Bertz CT molecular complexity index is 1020. The van der Waals surface area contributed by atoms with Gasteiger partial charge in [0.2, 0.25) is 0 Å². The number of aromatic nitrogens is 2. The lowest BCUT2D eigenvalue weighted by Crippen LogP contribution is -2.21. The average Bonchev–Trinajstić information content (AvgIpc) is 3.22. The van der Waals surface area contributed by atoms with Gasteiger partial charge in [-0.2, -0.15) is 0 Å². The smallest absolute Gasteiger partial charge is 0.338 e. The first-order valence-electron chi connectivity index (χ1n) is 9.03. The molecule has 2 N–H and O–H groups in total. The number of nitrogens with zero attached hydrogens (tertiary/aromatic N) is 1. The van der Waals surface area contributed by atoms with Gasteiger partial charge < -0.3 is 19.6 Å². The summed E-state index contributed by atoms with van der Waals surface area (Å²) in [6, 6.07) is 7.05. The Balaban J connectivity index is 1.44. The van der Waals surface area contributed by atoms with Gasteiger partial charge in [-0.1, -0.05) is 12.1 Å². The van der Waals surface area contributed by atoms with Crippen LogP contribution >= 0.6 is 0 Å². The third-order valence-corrected chi connectivity index (χ3v) is 4.90. The summed E-state index contributed by atoms with van der Waals surface area (Å²) in [5.74, 6) is 0.520. The van der Waals surface area contributed by atoms with Gasteiger partial charge in [-0.25, -0.2) is 4.79 Å². The van der Waals surface area contributed by atoms with Crippen molar-refractivity contribution in [1.82, 2.24) is 10.1 Å². The van der Waals surface area contributed by atoms with E-state index < -0.39 is 11.9 Å². The molecule has 2 heterocycles. The molecule has 0 unspecified atom stereocenters. The Hall–Kier alpha value is -3.09. The lowest BCUT2D eigenvalue weighted by Gasteiger charge is -2.18. The summed E-state index contributed by atoms with van der Waals surface area (Å²) in [6.45, 7) is 3.58. The van der Waals surface area contributed by atoms with E-state index in [2.05, 4.69) is 22.4 Å². The number of esters is 1. The van der Waals surface area contributed by atoms with Gasteiger partial charge >= 0.3 is 5.97 Å². The summed E-state index contributed by atoms with van der Waals surface area (Å²) < 4.78 is 10.0. The Morgan fingerprint density at radius 1 is 1.37 bits per heavy atom. The van der Waals surface area contributed by atoms with E-state index in [9.17, 15) is 9.59 Å². The number of carbonyl (C=O) groups excluding carboxylic acids is 2. The standard InChI is InChI=1S/C20H21N3O4/c1-11-3-5-16-14(7-11)15-9-13(4-6-17(15)21-16)20(25)26-10-19(24)22-18-8-12(2)27-23-18/h4,6,8-9,11,21H,3,5,7,10H2,1-2H3,(H,22,23,24)/t11-/m1/s1. The van der Waals surface area contributed by atoms with Crippen LogP contribution in [0.1, 0.15) is 40.7 Å². The predicted octanol–water partition coefficient (Wildman–Crippen LogP) is 3.38. The maximum atomic E-state index is 12.4. The molecule has 7 heteroatoms. The van der Waals surface area contributed by atoms with Crippen molar-refractivity contribution >= 4 is 28.6 Å². The highest BCUT2D eigenvalue weighted by molar-refractivity contribution is 5.98. The van der Waals surface area contributed by atoms with Gasteiger partial charge in [0, 0.05) is 22.7 Å². The highest BCUT2D eigenvalue weighted by atomic mass is 16.5. The van der Waals surface area contributed by atoms with Crippen LogP contribution in [0.2, 0.25) is 0 Å². The van der Waals surface area contributed by atoms with Crippen LogP contribution in [0.25, 0.3) is 10.9 Å². The Morgan fingerprint density at radius 3 is 3.00 bits per heavy atom. The lowest BCUT2D eigenvalue weighted by molar-refractivity contribution is -0.119. The lowest BCUT2D eigenvalue weighted by atomic mass is 9.87. The molecule has 0 bridgehead atoms. The molecule has 2 aromatic heterocycles. The maximum absolute atomic E-state index is 12.4. The summed E-state index contributed by atoms with van der Waals surface area (Å²) in [6.07, 6.45) is 3.22. The molecule has 1 atom stereocenters. The van der Waals surface area contributed by atoms with Crippen molar-refractivity contribution in [1.29, 1.82) is 0 Å². The van der Waals surface area contributed by atoms with Crippen LogP contribution in [-0.2, 0) is 22.4 Å². The van der Waals surface area contributed by atoms with Crippen molar-refractivity contribution in [3.8, 4) is 0 Å². The number of rotatable bonds is 4. The number of fused-ring (bicyclic) bond motifs is 3. The monoisotopic (exact) mass is 367 g/mol. The van der Waals surface area contributed by atoms with Crippen molar-refractivity contribution in [3.05, 3.63) is 46.8 Å². The first-order valence-corrected chi connectivity index (χ1v) is 9.03. The van der Waals surface area contributed by atoms with Gasteiger partial charge in [0.05, 0.1) is 5.56 Å². The minimum atomic E-state index is -0.526. The molecule has 1 aliphatic carbocycles. The summed E-state index contributed by atoms with van der Waals surface area (Å²) in [7, 11) is 0. The van der Waals surface area contributed by atoms with Gasteiger partial charge in [0.25, 0.3) is 5.91 Å². The van der Waals surface area contributed by atoms with Gasteiger partial charge in [0.1, 0.15) is 5.76 Å². The molecule has 140 valence electrons. The summed E-state index contributed by atoms with van der Waals surface area (Å²) in [5.41, 5.74) is 4.02. The molecular formula is C20H21N3O4. The second-order valence-corrected chi connectivity index (χ2v) is 7.14. The van der Waals surface area contributed by atoms with Crippen LogP contribution in [0.5, 0.6) is 0 Å². The van der Waals surface area contributed by atoms with E-state index in [0.29, 0.717) is 23.1 Å². The molecular weight excluding hydrogens is 346 g/mol. The van der Waals surface area contributed by atoms with Crippen molar-refractivity contribution in [3.63, 3.8) is 0 Å². The molecule has 1 amide bonds. The zero-order valence-electron chi connectivity index (χ0n) is 15.3. The largest absolute Gasteiger partial charge is 0.452 e. The first-order chi connectivity index (χ1) is 13.0. The number of anilines is 1. The number of ether oxygens (including phenoxy) is 1. The van der Waals surface area contributed by atoms with Crippen LogP contribution in [0.4, 0.5) is 5.82 Å². The number of nitrogens with one attached hydrogen (secondary N) is 2. The Morgan fingerprint density at radius 2 is 2.22 bits per heavy atom. The van der Waals surface area contributed by atoms with Crippen molar-refractivity contribution in [2.24, 2.45) is 5.92 Å². The number of H-pyrrole nitrogens is 1. The minimum Gasteiger partial charge on any atom is -0.452 e. The second-order valence-electron chi connectivity index (χ2n) is 7.14. The Kier molecular flexibility index (Phi) is 4.43. The molecule has 0 fully saturated rings. The quantitative estimate of drug-likeness (QED) is 0.689. The molecule has 27 heavy (non-hydrogen) atoms. The van der Waals surface area contributed by atoms with Crippen LogP contribution in [0.15, 0.2) is 28.8 Å². The molecule has 4 rings (SSSR count). The van der Waals surface area contributed by atoms with Crippen LogP contribution < -0.4 is 5.32 Å². The summed E-state index contributed by atoms with van der Waals surface area (Å²) in [4.78, 5) is 27.7. The normalized spacial score (nSPS) is 16.1. The van der Waals surface area contributed by atoms with E-state index in [1.807, 2.05) is 12.1 Å². The molecule has 1 aliphatic rings. The van der Waals surface area contributed by atoms with E-state index in [0.717, 1.165) is 23.7 Å². The number of hydrogen-bond acceptors (Lipinski definition) is 5. The van der Waals surface area contributed by atoms with Crippen molar-refractivity contribution in [2.45, 2.75) is 33.1 Å². The zero-order chi connectivity index (χ0) is 19.0. The molecule has 0 aliphatic heterocycles. The third kappa shape index (κ3) is 3.58. The van der Waals surface area contributed by atoms with Crippen molar-refractivity contribution < 1.29 is 18.8 Å². The van der Waals surface area contributed by atoms with E-state index in [1.165, 1.54) is 17.7 Å². The predicted molar refractivity (Wildman–Crippen MR) is 99.6 cm³/mol. The fourth-order valence-corrected chi connectivity index (χ4v) is 3.54. The maximum Gasteiger partial charge on any atom is 0.338 e. The minimum absolute atomic E-state index is 0.294. The molecule has 1 aromatic carbocycles. The topological polar surface area (TPSA) is 97.2 Å². The number of aryl methyl sites for hydroxylation is 2. The average molecular weight is 367 g/mol. The van der Waals surface area contributed by atoms with Gasteiger partial charge in [-0.15, -0.1) is 0 Å². The second kappa shape index (κ2) is 6.90. The van der Waals surface area contributed by atoms with E-state index in [-0.39, 0.29) is 6.61 Å². The molecule has 0 saturated heterocycles. The third-order valence-electron chi connectivity index (χ3n) is 4.90. The fraction of sp³-hybridized carbons (Fsp3) is 0.350. The van der Waals surface area contributed by atoms with Gasteiger partial charge in [0.15, 0.2) is 12.4 Å². The van der Waals surface area contributed by atoms with Crippen LogP contribution in [0, 0.1) is 12.8 Å². The van der Waals surface area contributed by atoms with E-state index in [1.54, 1.807) is 19.1 Å². The summed E-state index contributed by atoms with van der Waals surface area (Å²) in [5, 5.41) is 7.24. The van der Waals surface area contributed by atoms with Crippen LogP contribution in [-0.4, -0.2) is 28.6 Å². The highest BCUT2D eigenvalue weighted by Crippen LogP contribution is 2.32. The molecule has 0 radical (unpaired) electrons. The molecule has 7 nitrogen and oxygen atoms in total. The zero-order valence-corrected chi connectivity index (χ0v) is 15.3. The molecule has 0 saturated carbocycles. The van der Waals surface area contributed by atoms with E-state index in [4.69, 9.17) is 9.26 Å². The molecule has 0 spiro atoms.